The number of nitrogen functional groups attached to an aromatic ring is 1. The Kier molecular flexibility index (Phi) is 7.47. The van der Waals surface area contributed by atoms with Gasteiger partial charge in [0.05, 0.1) is 11.4 Å². The summed E-state index contributed by atoms with van der Waals surface area (Å²) in [5, 5.41) is 2.88. The monoisotopic (exact) mass is 296 g/mol. The van der Waals surface area contributed by atoms with E-state index in [1.54, 1.807) is 18.9 Å². The van der Waals surface area contributed by atoms with Gasteiger partial charge in [0.15, 0.2) is 0 Å². The van der Waals surface area contributed by atoms with Gasteiger partial charge in [-0.1, -0.05) is 13.8 Å². The molecule has 0 aliphatic rings. The van der Waals surface area contributed by atoms with E-state index in [4.69, 9.17) is 10.5 Å². The lowest BCUT2D eigenvalue weighted by Crippen LogP contribution is -2.18. The van der Waals surface area contributed by atoms with Gasteiger partial charge in [-0.3, -0.25) is 4.79 Å². The molecule has 0 aromatic heterocycles. The van der Waals surface area contributed by atoms with Crippen molar-refractivity contribution in [1.29, 1.82) is 0 Å². The number of carbonyl (C=O) groups is 1. The molecule has 20 heavy (non-hydrogen) atoms. The molecule has 0 bridgehead atoms. The van der Waals surface area contributed by atoms with Crippen LogP contribution in [0.5, 0.6) is 0 Å². The van der Waals surface area contributed by atoms with Gasteiger partial charge in [-0.05, 0) is 36.3 Å². The Morgan fingerprint density at radius 1 is 1.50 bits per heavy atom. The fourth-order valence-electron chi connectivity index (χ4n) is 1.81. The molecule has 112 valence electrons. The number of carbonyl (C=O) groups excluding carboxylic acids is 1. The van der Waals surface area contributed by atoms with Crippen molar-refractivity contribution in [2.45, 2.75) is 31.6 Å². The van der Waals surface area contributed by atoms with E-state index in [1.807, 2.05) is 25.1 Å². The number of anilines is 2. The summed E-state index contributed by atoms with van der Waals surface area (Å²) in [4.78, 5) is 13.1. The zero-order valence-corrected chi connectivity index (χ0v) is 13.3. The zero-order chi connectivity index (χ0) is 15.0. The SMILES string of the molecule is CCCSc1ccc(N)c(NC(=O)CC(C)COC)c1. The number of ether oxygens (including phenoxy) is 1. The van der Waals surface area contributed by atoms with E-state index in [1.165, 1.54) is 0 Å². The molecule has 5 heteroatoms. The van der Waals surface area contributed by atoms with Crippen molar-refractivity contribution in [2.75, 3.05) is 30.5 Å². The third-order valence-electron chi connectivity index (χ3n) is 2.76. The summed E-state index contributed by atoms with van der Waals surface area (Å²) in [5.41, 5.74) is 7.20. The third-order valence-corrected chi connectivity index (χ3v) is 3.96. The van der Waals surface area contributed by atoms with E-state index >= 15 is 0 Å². The molecule has 0 saturated heterocycles. The Morgan fingerprint density at radius 3 is 2.90 bits per heavy atom. The zero-order valence-electron chi connectivity index (χ0n) is 12.4. The van der Waals surface area contributed by atoms with Crippen LogP contribution in [0, 0.1) is 5.92 Å². The van der Waals surface area contributed by atoms with Gasteiger partial charge in [0.25, 0.3) is 0 Å². The maximum absolute atomic E-state index is 11.9. The summed E-state index contributed by atoms with van der Waals surface area (Å²) in [6, 6.07) is 5.76. The lowest BCUT2D eigenvalue weighted by Gasteiger charge is -2.13. The Labute approximate surface area is 125 Å². The van der Waals surface area contributed by atoms with E-state index in [0.29, 0.717) is 24.4 Å². The molecule has 1 aromatic carbocycles. The first kappa shape index (κ1) is 16.9. The molecule has 4 nitrogen and oxygen atoms in total. The van der Waals surface area contributed by atoms with Crippen LogP contribution in [-0.2, 0) is 9.53 Å². The molecule has 0 fully saturated rings. The first-order valence-corrected chi connectivity index (χ1v) is 7.86. The molecule has 0 spiro atoms. The fourth-order valence-corrected chi connectivity index (χ4v) is 2.62. The van der Waals surface area contributed by atoms with Crippen LogP contribution in [0.2, 0.25) is 0 Å². The predicted octanol–water partition coefficient (Wildman–Crippen LogP) is 3.38. The summed E-state index contributed by atoms with van der Waals surface area (Å²) >= 11 is 1.77. The average Bonchev–Trinajstić information content (AvgIpc) is 2.39. The van der Waals surface area contributed by atoms with Crippen molar-refractivity contribution < 1.29 is 9.53 Å². The van der Waals surface area contributed by atoms with Crippen LogP contribution in [0.3, 0.4) is 0 Å². The Bertz CT molecular complexity index is 438. The second kappa shape index (κ2) is 8.87. The molecule has 0 aliphatic heterocycles. The van der Waals surface area contributed by atoms with Crippen molar-refractivity contribution >= 4 is 29.0 Å². The normalized spacial score (nSPS) is 12.2. The van der Waals surface area contributed by atoms with Crippen LogP contribution in [0.15, 0.2) is 23.1 Å². The van der Waals surface area contributed by atoms with Gasteiger partial charge in [0, 0.05) is 25.0 Å². The number of hydrogen-bond acceptors (Lipinski definition) is 4. The second-order valence-electron chi connectivity index (χ2n) is 4.91. The van der Waals surface area contributed by atoms with Crippen molar-refractivity contribution in [3.8, 4) is 0 Å². The molecule has 3 N–H and O–H groups in total. The molecule has 0 saturated carbocycles. The van der Waals surface area contributed by atoms with Gasteiger partial charge in [-0.25, -0.2) is 0 Å². The van der Waals surface area contributed by atoms with E-state index in [-0.39, 0.29) is 11.8 Å². The van der Waals surface area contributed by atoms with E-state index in [9.17, 15) is 4.79 Å². The summed E-state index contributed by atoms with van der Waals surface area (Å²) in [6.07, 6.45) is 1.55. The highest BCUT2D eigenvalue weighted by Crippen LogP contribution is 2.27. The maximum atomic E-state index is 11.9. The quantitative estimate of drug-likeness (QED) is 0.570. The highest BCUT2D eigenvalue weighted by atomic mass is 32.2. The van der Waals surface area contributed by atoms with Crippen LogP contribution < -0.4 is 11.1 Å². The lowest BCUT2D eigenvalue weighted by atomic mass is 10.1. The van der Waals surface area contributed by atoms with Gasteiger partial charge in [-0.15, -0.1) is 11.8 Å². The second-order valence-corrected chi connectivity index (χ2v) is 6.08. The van der Waals surface area contributed by atoms with Crippen LogP contribution in [0.1, 0.15) is 26.7 Å². The van der Waals surface area contributed by atoms with Gasteiger partial charge >= 0.3 is 0 Å². The van der Waals surface area contributed by atoms with Gasteiger partial charge in [0.2, 0.25) is 5.91 Å². The van der Waals surface area contributed by atoms with Crippen LogP contribution in [-0.4, -0.2) is 25.4 Å². The number of benzene rings is 1. The number of rotatable bonds is 8. The summed E-state index contributed by atoms with van der Waals surface area (Å²) in [6.45, 7) is 4.71. The molecule has 1 atom stereocenters. The lowest BCUT2D eigenvalue weighted by molar-refractivity contribution is -0.117. The van der Waals surface area contributed by atoms with Crippen LogP contribution >= 0.6 is 11.8 Å². The molecule has 0 heterocycles. The van der Waals surface area contributed by atoms with Crippen molar-refractivity contribution in [3.63, 3.8) is 0 Å². The van der Waals surface area contributed by atoms with Crippen LogP contribution in [0.4, 0.5) is 11.4 Å². The fraction of sp³-hybridized carbons (Fsp3) is 0.533. The minimum Gasteiger partial charge on any atom is -0.397 e. The number of hydrogen-bond donors (Lipinski definition) is 2. The maximum Gasteiger partial charge on any atom is 0.224 e. The first-order valence-electron chi connectivity index (χ1n) is 6.88. The molecule has 1 aromatic rings. The molecule has 1 unspecified atom stereocenters. The Morgan fingerprint density at radius 2 is 2.25 bits per heavy atom. The standard InChI is InChI=1S/C15H24N2O2S/c1-4-7-20-12-5-6-13(16)14(9-12)17-15(18)8-11(2)10-19-3/h5-6,9,11H,4,7-8,10,16H2,1-3H3,(H,17,18). The van der Waals surface area contributed by atoms with E-state index in [0.717, 1.165) is 17.1 Å². The minimum absolute atomic E-state index is 0.0288. The third kappa shape index (κ3) is 5.84. The summed E-state index contributed by atoms with van der Waals surface area (Å²) in [7, 11) is 1.64. The van der Waals surface area contributed by atoms with Crippen molar-refractivity contribution in [2.24, 2.45) is 5.92 Å². The average molecular weight is 296 g/mol. The number of amides is 1. The van der Waals surface area contributed by atoms with E-state index < -0.39 is 0 Å². The van der Waals surface area contributed by atoms with Gasteiger partial charge in [0.1, 0.15) is 0 Å². The topological polar surface area (TPSA) is 64.3 Å². The largest absolute Gasteiger partial charge is 0.397 e. The molecular weight excluding hydrogens is 272 g/mol. The van der Waals surface area contributed by atoms with Crippen LogP contribution in [0.25, 0.3) is 0 Å². The molecule has 1 rings (SSSR count). The van der Waals surface area contributed by atoms with Crippen molar-refractivity contribution in [3.05, 3.63) is 18.2 Å². The summed E-state index contributed by atoms with van der Waals surface area (Å²) < 4.78 is 5.03. The number of thioether (sulfide) groups is 1. The van der Waals surface area contributed by atoms with E-state index in [2.05, 4.69) is 12.2 Å². The molecule has 0 aliphatic carbocycles. The highest BCUT2D eigenvalue weighted by Gasteiger charge is 2.11. The van der Waals surface area contributed by atoms with Crippen molar-refractivity contribution in [1.82, 2.24) is 0 Å². The minimum atomic E-state index is -0.0288. The van der Waals surface area contributed by atoms with Gasteiger partial charge < -0.3 is 15.8 Å². The smallest absolute Gasteiger partial charge is 0.224 e. The Hall–Kier alpha value is -1.20. The number of methoxy groups -OCH3 is 1. The first-order chi connectivity index (χ1) is 9.56. The Balaban J connectivity index is 2.63. The molecule has 1 amide bonds. The number of nitrogens with two attached hydrogens (primary N) is 1. The number of nitrogens with one attached hydrogen (secondary N) is 1. The summed E-state index contributed by atoms with van der Waals surface area (Å²) in [5.74, 6) is 1.22. The predicted molar refractivity (Wildman–Crippen MR) is 86.2 cm³/mol. The highest BCUT2D eigenvalue weighted by molar-refractivity contribution is 7.99. The molecular formula is C15H24N2O2S. The van der Waals surface area contributed by atoms with Gasteiger partial charge in [-0.2, -0.15) is 0 Å². The molecule has 0 radical (unpaired) electrons.